The van der Waals surface area contributed by atoms with Gasteiger partial charge in [0.05, 0.1) is 0 Å². The zero-order chi connectivity index (χ0) is 33.2. The zero-order valence-electron chi connectivity index (χ0n) is 32.0. The first-order chi connectivity index (χ1) is 22.8. The highest BCUT2D eigenvalue weighted by molar-refractivity contribution is 9.09. The van der Waals surface area contributed by atoms with Crippen molar-refractivity contribution in [3.05, 3.63) is 34.4 Å². The van der Waals surface area contributed by atoms with Crippen molar-refractivity contribution in [3.8, 4) is 0 Å². The van der Waals surface area contributed by atoms with Gasteiger partial charge in [-0.15, -0.1) is 0 Å². The maximum absolute atomic E-state index is 3.71. The van der Waals surface area contributed by atoms with Crippen LogP contribution >= 0.6 is 15.9 Å². The molecule has 270 valence electrons. The SMILES string of the molecule is CCCCCCCCCCCCc1cc(CCCBr)cc(CCCCCCCCCCCC)c1CCCCCCCCCCCC. The number of unbranched alkanes of at least 4 members (excludes halogenated alkanes) is 27. The van der Waals surface area contributed by atoms with Gasteiger partial charge >= 0.3 is 0 Å². The van der Waals surface area contributed by atoms with E-state index < -0.39 is 0 Å². The average Bonchev–Trinajstić information content (AvgIpc) is 3.07. The molecule has 0 aliphatic carbocycles. The van der Waals surface area contributed by atoms with E-state index in [-0.39, 0.29) is 0 Å². The van der Waals surface area contributed by atoms with E-state index in [0.29, 0.717) is 0 Å². The van der Waals surface area contributed by atoms with E-state index in [4.69, 9.17) is 0 Å². The molecule has 0 saturated carbocycles. The molecule has 0 heterocycles. The summed E-state index contributed by atoms with van der Waals surface area (Å²) in [6.45, 7) is 6.96. The summed E-state index contributed by atoms with van der Waals surface area (Å²) in [6, 6.07) is 5.31. The molecular formula is C45H83Br. The predicted molar refractivity (Wildman–Crippen MR) is 215 cm³/mol. The Morgan fingerprint density at radius 2 is 0.609 bits per heavy atom. The molecule has 0 spiro atoms. The van der Waals surface area contributed by atoms with Crippen LogP contribution in [0.5, 0.6) is 0 Å². The van der Waals surface area contributed by atoms with Crippen LogP contribution in [0.3, 0.4) is 0 Å². The zero-order valence-corrected chi connectivity index (χ0v) is 33.6. The van der Waals surface area contributed by atoms with Crippen LogP contribution < -0.4 is 0 Å². The van der Waals surface area contributed by atoms with Gasteiger partial charge in [0, 0.05) is 5.33 Å². The molecule has 0 unspecified atom stereocenters. The lowest BCUT2D eigenvalue weighted by Crippen LogP contribution is -2.05. The summed E-state index contributed by atoms with van der Waals surface area (Å²) in [7, 11) is 0. The fourth-order valence-electron chi connectivity index (χ4n) is 7.45. The van der Waals surface area contributed by atoms with Crippen LogP contribution in [0.1, 0.15) is 242 Å². The van der Waals surface area contributed by atoms with Crippen LogP contribution in [0.4, 0.5) is 0 Å². The van der Waals surface area contributed by atoms with Crippen molar-refractivity contribution in [1.82, 2.24) is 0 Å². The van der Waals surface area contributed by atoms with Gasteiger partial charge in [0.1, 0.15) is 0 Å². The first-order valence-corrected chi connectivity index (χ1v) is 22.6. The third kappa shape index (κ3) is 25.7. The van der Waals surface area contributed by atoms with Crippen molar-refractivity contribution in [2.24, 2.45) is 0 Å². The molecule has 46 heavy (non-hydrogen) atoms. The van der Waals surface area contributed by atoms with Crippen LogP contribution in [0.15, 0.2) is 12.1 Å². The minimum atomic E-state index is 1.12. The Bertz CT molecular complexity index is 706. The lowest BCUT2D eigenvalue weighted by Gasteiger charge is -2.18. The molecule has 0 saturated heterocycles. The van der Waals surface area contributed by atoms with Gasteiger partial charge in [0.2, 0.25) is 0 Å². The molecular weight excluding hydrogens is 620 g/mol. The molecule has 1 aromatic carbocycles. The lowest BCUT2D eigenvalue weighted by atomic mass is 9.87. The minimum absolute atomic E-state index is 1.12. The Morgan fingerprint density at radius 3 is 0.913 bits per heavy atom. The van der Waals surface area contributed by atoms with E-state index >= 15 is 0 Å². The predicted octanol–water partition coefficient (Wildman–Crippen LogP) is 16.4. The van der Waals surface area contributed by atoms with Crippen LogP contribution in [-0.4, -0.2) is 5.33 Å². The standard InChI is InChI=1S/C45H83Br/c1-4-7-10-13-16-19-22-25-28-31-36-43-40-42(35-34-39-46)41-44(37-32-29-26-23-20-17-14-11-8-5-2)45(43)38-33-30-27-24-21-18-15-12-9-6-3/h40-41H,4-39H2,1-3H3. The van der Waals surface area contributed by atoms with E-state index in [9.17, 15) is 0 Å². The van der Waals surface area contributed by atoms with E-state index in [0.717, 1.165) is 5.33 Å². The maximum Gasteiger partial charge on any atom is 0.00344 e. The summed E-state index contributed by atoms with van der Waals surface area (Å²) in [5.41, 5.74) is 6.89. The molecule has 1 rings (SSSR count). The molecule has 0 amide bonds. The van der Waals surface area contributed by atoms with Crippen molar-refractivity contribution in [2.45, 2.75) is 245 Å². The number of rotatable bonds is 36. The van der Waals surface area contributed by atoms with Gasteiger partial charge in [-0.3, -0.25) is 0 Å². The molecule has 0 atom stereocenters. The van der Waals surface area contributed by atoms with E-state index in [1.807, 2.05) is 0 Å². The largest absolute Gasteiger partial charge is 0.0928 e. The van der Waals surface area contributed by atoms with Crippen molar-refractivity contribution >= 4 is 15.9 Å². The van der Waals surface area contributed by atoms with E-state index in [1.54, 1.807) is 22.3 Å². The van der Waals surface area contributed by atoms with Crippen LogP contribution in [-0.2, 0) is 25.7 Å². The monoisotopic (exact) mass is 703 g/mol. The highest BCUT2D eigenvalue weighted by Gasteiger charge is 2.12. The molecule has 0 radical (unpaired) electrons. The minimum Gasteiger partial charge on any atom is -0.0928 e. The summed E-state index contributed by atoms with van der Waals surface area (Å²) in [6.07, 6.45) is 49.4. The molecule has 0 fully saturated rings. The van der Waals surface area contributed by atoms with Gasteiger partial charge < -0.3 is 0 Å². The number of benzene rings is 1. The number of halogens is 1. The summed E-state index contributed by atoms with van der Waals surface area (Å²) in [5.74, 6) is 0. The highest BCUT2D eigenvalue weighted by Crippen LogP contribution is 2.26. The number of aryl methyl sites for hydroxylation is 3. The van der Waals surface area contributed by atoms with Gasteiger partial charge in [-0.05, 0) is 73.6 Å². The van der Waals surface area contributed by atoms with E-state index in [1.165, 1.54) is 225 Å². The maximum atomic E-state index is 3.71. The Labute approximate surface area is 300 Å². The quantitative estimate of drug-likeness (QED) is 0.0482. The Morgan fingerprint density at radius 1 is 0.326 bits per heavy atom. The first-order valence-electron chi connectivity index (χ1n) is 21.5. The van der Waals surface area contributed by atoms with Gasteiger partial charge in [-0.1, -0.05) is 222 Å². The van der Waals surface area contributed by atoms with Crippen molar-refractivity contribution in [1.29, 1.82) is 0 Å². The molecule has 0 aliphatic heterocycles. The molecule has 0 bridgehead atoms. The molecule has 0 aliphatic rings. The Balaban J connectivity index is 2.68. The fourth-order valence-corrected chi connectivity index (χ4v) is 7.73. The molecule has 1 heteroatoms. The number of hydrogen-bond donors (Lipinski definition) is 0. The third-order valence-electron chi connectivity index (χ3n) is 10.5. The molecule has 1 aromatic rings. The first kappa shape index (κ1) is 43.7. The summed E-state index contributed by atoms with van der Waals surface area (Å²) >= 11 is 3.71. The van der Waals surface area contributed by atoms with E-state index in [2.05, 4.69) is 48.8 Å². The Hall–Kier alpha value is -0.300. The summed E-state index contributed by atoms with van der Waals surface area (Å²) < 4.78 is 0. The topological polar surface area (TPSA) is 0 Å². The van der Waals surface area contributed by atoms with Crippen molar-refractivity contribution in [3.63, 3.8) is 0 Å². The second-order valence-corrected chi connectivity index (χ2v) is 15.8. The summed E-state index contributed by atoms with van der Waals surface area (Å²) in [5, 5.41) is 1.12. The second-order valence-electron chi connectivity index (χ2n) is 15.0. The number of alkyl halides is 1. The second kappa shape index (κ2) is 34.6. The lowest BCUT2D eigenvalue weighted by molar-refractivity contribution is 0.551. The number of hydrogen-bond acceptors (Lipinski definition) is 0. The van der Waals surface area contributed by atoms with Crippen LogP contribution in [0.25, 0.3) is 0 Å². The van der Waals surface area contributed by atoms with Gasteiger partial charge in [0.15, 0.2) is 0 Å². The normalized spacial score (nSPS) is 11.6. The average molecular weight is 704 g/mol. The van der Waals surface area contributed by atoms with Crippen molar-refractivity contribution in [2.75, 3.05) is 5.33 Å². The van der Waals surface area contributed by atoms with Gasteiger partial charge in [-0.2, -0.15) is 0 Å². The van der Waals surface area contributed by atoms with Crippen molar-refractivity contribution < 1.29 is 0 Å². The van der Waals surface area contributed by atoms with Gasteiger partial charge in [-0.25, -0.2) is 0 Å². The van der Waals surface area contributed by atoms with Gasteiger partial charge in [0.25, 0.3) is 0 Å². The smallest absolute Gasteiger partial charge is 0.00344 e. The Kier molecular flexibility index (Phi) is 32.8. The van der Waals surface area contributed by atoms with Crippen LogP contribution in [0, 0.1) is 0 Å². The third-order valence-corrected chi connectivity index (χ3v) is 11.0. The molecule has 0 nitrogen and oxygen atoms in total. The fraction of sp³-hybridized carbons (Fsp3) is 0.867. The molecule has 0 N–H and O–H groups in total. The highest BCUT2D eigenvalue weighted by atomic mass is 79.9. The summed E-state index contributed by atoms with van der Waals surface area (Å²) in [4.78, 5) is 0. The molecule has 0 aromatic heterocycles. The van der Waals surface area contributed by atoms with Crippen LogP contribution in [0.2, 0.25) is 0 Å².